The largest absolute Gasteiger partial charge is 0.476 e. The summed E-state index contributed by atoms with van der Waals surface area (Å²) in [7, 11) is -6.89. The van der Waals surface area contributed by atoms with Gasteiger partial charge in [-0.1, -0.05) is 24.3 Å². The molecule has 0 bridgehead atoms. The van der Waals surface area contributed by atoms with Crippen LogP contribution in [0.3, 0.4) is 0 Å². The van der Waals surface area contributed by atoms with Crippen molar-refractivity contribution in [1.29, 1.82) is 0 Å². The molecule has 2 aromatic carbocycles. The van der Waals surface area contributed by atoms with Gasteiger partial charge in [0.15, 0.2) is 15.9 Å². The van der Waals surface area contributed by atoms with Gasteiger partial charge in [0.05, 0.1) is 28.9 Å². The second kappa shape index (κ2) is 8.27. The van der Waals surface area contributed by atoms with E-state index < -0.39 is 37.9 Å². The molecule has 0 fully saturated rings. The summed E-state index contributed by atoms with van der Waals surface area (Å²) in [5, 5.41) is 2.81. The normalized spacial score (nSPS) is 17.6. The van der Waals surface area contributed by atoms with E-state index in [0.717, 1.165) is 6.26 Å². The number of benzene rings is 2. The molecule has 3 rings (SSSR count). The Morgan fingerprint density at radius 2 is 1.77 bits per heavy atom. The number of amides is 1. The predicted octanol–water partition coefficient (Wildman–Crippen LogP) is 1.88. The van der Waals surface area contributed by atoms with E-state index in [-0.39, 0.29) is 17.2 Å². The zero-order valence-corrected chi connectivity index (χ0v) is 18.5. The molecule has 8 nitrogen and oxygen atoms in total. The Kier molecular flexibility index (Phi) is 6.09. The van der Waals surface area contributed by atoms with Crippen LogP contribution in [0, 0.1) is 0 Å². The van der Waals surface area contributed by atoms with Crippen molar-refractivity contribution in [3.63, 3.8) is 0 Å². The smallest absolute Gasteiger partial charge is 0.263 e. The highest BCUT2D eigenvalue weighted by Gasteiger charge is 2.36. The van der Waals surface area contributed by atoms with E-state index in [2.05, 4.69) is 5.32 Å². The fourth-order valence-corrected chi connectivity index (χ4v) is 4.91. The number of sulfone groups is 1. The van der Waals surface area contributed by atoms with Crippen LogP contribution in [0.5, 0.6) is 5.75 Å². The molecule has 0 saturated heterocycles. The minimum atomic E-state index is -3.58. The summed E-state index contributed by atoms with van der Waals surface area (Å²) in [5.41, 5.74) is 1.12. The van der Waals surface area contributed by atoms with Gasteiger partial charge in [0.25, 0.3) is 5.91 Å². The van der Waals surface area contributed by atoms with E-state index in [4.69, 9.17) is 4.74 Å². The van der Waals surface area contributed by atoms with Gasteiger partial charge in [0, 0.05) is 6.26 Å². The topological polar surface area (TPSA) is 110 Å². The van der Waals surface area contributed by atoms with Crippen molar-refractivity contribution in [2.45, 2.75) is 30.9 Å². The molecule has 1 amide bonds. The molecule has 30 heavy (non-hydrogen) atoms. The number of fused-ring (bicyclic) bond motifs is 1. The molecule has 0 aliphatic carbocycles. The fraction of sp³-hybridized carbons (Fsp3) is 0.350. The first-order valence-corrected chi connectivity index (χ1v) is 12.9. The van der Waals surface area contributed by atoms with E-state index in [1.54, 1.807) is 50.2 Å². The first-order chi connectivity index (χ1) is 14.0. The Hall–Kier alpha value is -2.59. The van der Waals surface area contributed by atoms with Crippen molar-refractivity contribution in [2.24, 2.45) is 0 Å². The summed E-state index contributed by atoms with van der Waals surface area (Å²) in [6.07, 6.45) is 0.112. The van der Waals surface area contributed by atoms with Crippen LogP contribution in [0.2, 0.25) is 0 Å². The van der Waals surface area contributed by atoms with Crippen molar-refractivity contribution in [3.8, 4) is 5.75 Å². The highest BCUT2D eigenvalue weighted by Crippen LogP contribution is 2.35. The number of rotatable bonds is 6. The number of anilines is 1. The molecule has 2 aromatic rings. The van der Waals surface area contributed by atoms with E-state index in [1.807, 2.05) is 0 Å². The van der Waals surface area contributed by atoms with Crippen LogP contribution < -0.4 is 14.4 Å². The number of sulfonamides is 1. The van der Waals surface area contributed by atoms with Crippen LogP contribution in [0.25, 0.3) is 0 Å². The Morgan fingerprint density at radius 1 is 1.13 bits per heavy atom. The molecule has 0 saturated carbocycles. The number of nitrogens with zero attached hydrogens (tertiary/aromatic N) is 1. The Morgan fingerprint density at radius 3 is 2.37 bits per heavy atom. The first kappa shape index (κ1) is 22.1. The maximum atomic E-state index is 12.8. The number of hydrogen-bond acceptors (Lipinski definition) is 6. The minimum Gasteiger partial charge on any atom is -0.476 e. The van der Waals surface area contributed by atoms with Crippen LogP contribution in [0.4, 0.5) is 5.69 Å². The summed E-state index contributed by atoms with van der Waals surface area (Å²) in [4.78, 5) is 13.0. The highest BCUT2D eigenvalue weighted by molar-refractivity contribution is 7.92. The maximum absolute atomic E-state index is 12.8. The SMILES string of the molecule is CCS(=O)(=O)N1C[C@@H](C(=O)N[C@H](C)c2ccc(S(C)(=O)=O)cc2)Oc2ccccc21. The third-order valence-electron chi connectivity index (χ3n) is 4.89. The Labute approximate surface area is 176 Å². The molecular weight excluding hydrogens is 428 g/mol. The average Bonchev–Trinajstić information content (AvgIpc) is 2.72. The summed E-state index contributed by atoms with van der Waals surface area (Å²) in [6, 6.07) is 12.5. The fourth-order valence-electron chi connectivity index (χ4n) is 3.15. The third kappa shape index (κ3) is 4.59. The molecule has 0 radical (unpaired) electrons. The summed E-state index contributed by atoms with van der Waals surface area (Å²) in [6.45, 7) is 3.17. The second-order valence-electron chi connectivity index (χ2n) is 7.08. The quantitative estimate of drug-likeness (QED) is 0.717. The molecule has 162 valence electrons. The molecule has 1 aliphatic rings. The predicted molar refractivity (Wildman–Crippen MR) is 114 cm³/mol. The molecule has 10 heteroatoms. The lowest BCUT2D eigenvalue weighted by atomic mass is 10.1. The monoisotopic (exact) mass is 452 g/mol. The number of nitrogens with one attached hydrogen (secondary N) is 1. The van der Waals surface area contributed by atoms with E-state index in [9.17, 15) is 21.6 Å². The number of carbonyl (C=O) groups is 1. The molecule has 2 atom stereocenters. The van der Waals surface area contributed by atoms with E-state index in [1.165, 1.54) is 16.4 Å². The second-order valence-corrected chi connectivity index (χ2v) is 11.3. The van der Waals surface area contributed by atoms with Gasteiger partial charge < -0.3 is 10.1 Å². The van der Waals surface area contributed by atoms with Gasteiger partial charge in [-0.3, -0.25) is 9.10 Å². The van der Waals surface area contributed by atoms with Crippen LogP contribution in [0.15, 0.2) is 53.4 Å². The molecular formula is C20H24N2O6S2. The van der Waals surface area contributed by atoms with E-state index in [0.29, 0.717) is 17.0 Å². The molecule has 1 aliphatic heterocycles. The van der Waals surface area contributed by atoms with Crippen LogP contribution in [0.1, 0.15) is 25.5 Å². The van der Waals surface area contributed by atoms with Crippen LogP contribution >= 0.6 is 0 Å². The molecule has 1 heterocycles. The van der Waals surface area contributed by atoms with Gasteiger partial charge >= 0.3 is 0 Å². The van der Waals surface area contributed by atoms with Gasteiger partial charge in [0.1, 0.15) is 5.75 Å². The number of para-hydroxylation sites is 2. The maximum Gasteiger partial charge on any atom is 0.263 e. The van der Waals surface area contributed by atoms with Gasteiger partial charge in [-0.05, 0) is 43.7 Å². The van der Waals surface area contributed by atoms with Crippen molar-refractivity contribution >= 4 is 31.5 Å². The van der Waals surface area contributed by atoms with Crippen molar-refractivity contribution in [3.05, 3.63) is 54.1 Å². The van der Waals surface area contributed by atoms with Gasteiger partial charge in [0.2, 0.25) is 10.0 Å². The summed E-state index contributed by atoms with van der Waals surface area (Å²) in [5.74, 6) is -0.231. The van der Waals surface area contributed by atoms with Crippen LogP contribution in [-0.2, 0) is 24.7 Å². The summed E-state index contributed by atoms with van der Waals surface area (Å²) >= 11 is 0. The van der Waals surface area contributed by atoms with Crippen LogP contribution in [-0.4, -0.2) is 47.4 Å². The van der Waals surface area contributed by atoms with Crippen molar-refractivity contribution in [2.75, 3.05) is 22.9 Å². The van der Waals surface area contributed by atoms with Crippen molar-refractivity contribution < 1.29 is 26.4 Å². The summed E-state index contributed by atoms with van der Waals surface area (Å²) < 4.78 is 55.2. The van der Waals surface area contributed by atoms with Crippen molar-refractivity contribution in [1.82, 2.24) is 5.32 Å². The van der Waals surface area contributed by atoms with Gasteiger partial charge in [-0.2, -0.15) is 0 Å². The highest BCUT2D eigenvalue weighted by atomic mass is 32.2. The molecule has 0 spiro atoms. The lowest BCUT2D eigenvalue weighted by Gasteiger charge is -2.35. The average molecular weight is 453 g/mol. The lowest BCUT2D eigenvalue weighted by Crippen LogP contribution is -2.51. The molecule has 1 N–H and O–H groups in total. The standard InChI is InChI=1S/C20H24N2O6S2/c1-4-30(26,27)22-13-19(28-18-8-6-5-7-17(18)22)20(23)21-14(2)15-9-11-16(12-10-15)29(3,24)25/h5-12,14,19H,4,13H2,1-3H3,(H,21,23)/t14-,19+/m1/s1. The number of carbonyl (C=O) groups excluding carboxylic acids is 1. The third-order valence-corrected chi connectivity index (χ3v) is 7.77. The first-order valence-electron chi connectivity index (χ1n) is 9.39. The van der Waals surface area contributed by atoms with Gasteiger partial charge in [-0.25, -0.2) is 16.8 Å². The zero-order chi connectivity index (χ0) is 22.1. The van der Waals surface area contributed by atoms with E-state index >= 15 is 0 Å². The zero-order valence-electron chi connectivity index (χ0n) is 16.9. The molecule has 0 aromatic heterocycles. The van der Waals surface area contributed by atoms with Gasteiger partial charge in [-0.15, -0.1) is 0 Å². The minimum absolute atomic E-state index is 0.0985. The number of hydrogen-bond donors (Lipinski definition) is 1. The molecule has 0 unspecified atom stereocenters. The Balaban J connectivity index is 1.78. The number of ether oxygens (including phenoxy) is 1. The Bertz CT molecular complexity index is 1140. The lowest BCUT2D eigenvalue weighted by molar-refractivity contribution is -0.128.